The summed E-state index contributed by atoms with van der Waals surface area (Å²) >= 11 is 1.44. The van der Waals surface area contributed by atoms with Gasteiger partial charge in [0.1, 0.15) is 16.2 Å². The molecular formula is C20H24FN5O2S. The zero-order valence-corrected chi connectivity index (χ0v) is 17.8. The SMILES string of the molecule is CCN(CC)CCSc1nc(-c2cccc(F)c2)nc2c1c(=O)n(C)c(=O)n2C. The van der Waals surface area contributed by atoms with Crippen LogP contribution in [0.4, 0.5) is 4.39 Å². The first-order valence-corrected chi connectivity index (χ1v) is 10.4. The first kappa shape index (κ1) is 21.2. The fraction of sp³-hybridized carbons (Fsp3) is 0.400. The summed E-state index contributed by atoms with van der Waals surface area (Å²) in [7, 11) is 3.01. The molecular weight excluding hydrogens is 393 g/mol. The molecule has 9 heteroatoms. The molecule has 0 bridgehead atoms. The molecule has 2 aromatic heterocycles. The smallest absolute Gasteiger partial charge is 0.303 e. The van der Waals surface area contributed by atoms with Crippen LogP contribution in [-0.4, -0.2) is 49.4 Å². The molecule has 7 nitrogen and oxygen atoms in total. The summed E-state index contributed by atoms with van der Waals surface area (Å²) in [5.41, 5.74) is -0.159. The Morgan fingerprint density at radius 1 is 1.10 bits per heavy atom. The first-order chi connectivity index (χ1) is 13.9. The molecule has 29 heavy (non-hydrogen) atoms. The lowest BCUT2D eigenvalue weighted by atomic mass is 10.2. The van der Waals surface area contributed by atoms with Crippen molar-refractivity contribution in [1.29, 1.82) is 0 Å². The van der Waals surface area contributed by atoms with E-state index >= 15 is 0 Å². The van der Waals surface area contributed by atoms with Crippen LogP contribution in [-0.2, 0) is 14.1 Å². The summed E-state index contributed by atoms with van der Waals surface area (Å²) in [4.78, 5) is 36.5. The molecule has 2 heterocycles. The van der Waals surface area contributed by atoms with E-state index in [1.165, 1.54) is 35.5 Å². The fourth-order valence-corrected chi connectivity index (χ4v) is 4.12. The summed E-state index contributed by atoms with van der Waals surface area (Å²) in [5, 5.41) is 0.803. The minimum atomic E-state index is -0.467. The van der Waals surface area contributed by atoms with Crippen molar-refractivity contribution in [3.05, 3.63) is 50.9 Å². The van der Waals surface area contributed by atoms with E-state index in [-0.39, 0.29) is 11.5 Å². The molecule has 0 amide bonds. The number of hydrogen-bond donors (Lipinski definition) is 0. The summed E-state index contributed by atoms with van der Waals surface area (Å²) in [6.45, 7) is 6.91. The van der Waals surface area contributed by atoms with Gasteiger partial charge in [-0.25, -0.2) is 19.2 Å². The molecule has 3 rings (SSSR count). The number of aryl methyl sites for hydroxylation is 1. The highest BCUT2D eigenvalue weighted by molar-refractivity contribution is 7.99. The van der Waals surface area contributed by atoms with Gasteiger partial charge in [0.05, 0.1) is 0 Å². The van der Waals surface area contributed by atoms with Gasteiger partial charge < -0.3 is 4.90 Å². The van der Waals surface area contributed by atoms with Gasteiger partial charge in [-0.15, -0.1) is 11.8 Å². The maximum atomic E-state index is 13.7. The van der Waals surface area contributed by atoms with Gasteiger partial charge in [0, 0.05) is 32.0 Å². The van der Waals surface area contributed by atoms with Crippen LogP contribution in [0.25, 0.3) is 22.4 Å². The van der Waals surface area contributed by atoms with Crippen molar-refractivity contribution in [2.45, 2.75) is 18.9 Å². The zero-order chi connectivity index (χ0) is 21.1. The van der Waals surface area contributed by atoms with Gasteiger partial charge >= 0.3 is 5.69 Å². The Kier molecular flexibility index (Phi) is 6.49. The Morgan fingerprint density at radius 3 is 2.48 bits per heavy atom. The van der Waals surface area contributed by atoms with Crippen molar-refractivity contribution in [1.82, 2.24) is 24.0 Å². The summed E-state index contributed by atoms with van der Waals surface area (Å²) in [6, 6.07) is 5.96. The molecule has 0 saturated heterocycles. The van der Waals surface area contributed by atoms with Crippen LogP contribution in [0.2, 0.25) is 0 Å². The van der Waals surface area contributed by atoms with E-state index in [9.17, 15) is 14.0 Å². The number of hydrogen-bond acceptors (Lipinski definition) is 6. The van der Waals surface area contributed by atoms with E-state index in [4.69, 9.17) is 0 Å². The summed E-state index contributed by atoms with van der Waals surface area (Å²) < 4.78 is 16.1. The lowest BCUT2D eigenvalue weighted by Gasteiger charge is -2.17. The molecule has 0 aliphatic carbocycles. The van der Waals surface area contributed by atoms with Crippen LogP contribution in [0.3, 0.4) is 0 Å². The van der Waals surface area contributed by atoms with Crippen molar-refractivity contribution in [3.8, 4) is 11.4 Å². The molecule has 0 radical (unpaired) electrons. The Labute approximate surface area is 172 Å². The largest absolute Gasteiger partial charge is 0.332 e. The molecule has 0 unspecified atom stereocenters. The van der Waals surface area contributed by atoms with E-state index < -0.39 is 17.1 Å². The van der Waals surface area contributed by atoms with Crippen molar-refractivity contribution in [2.75, 3.05) is 25.4 Å². The van der Waals surface area contributed by atoms with Crippen molar-refractivity contribution in [3.63, 3.8) is 0 Å². The Hall–Kier alpha value is -2.52. The number of aromatic nitrogens is 4. The summed E-state index contributed by atoms with van der Waals surface area (Å²) in [6.07, 6.45) is 0. The van der Waals surface area contributed by atoms with Crippen molar-refractivity contribution < 1.29 is 4.39 Å². The molecule has 3 aromatic rings. The second-order valence-electron chi connectivity index (χ2n) is 6.64. The maximum absolute atomic E-state index is 13.7. The van der Waals surface area contributed by atoms with Gasteiger partial charge in [-0.3, -0.25) is 13.9 Å². The standard InChI is InChI=1S/C20H24FN5O2S/c1-5-26(6-2)10-11-29-18-15-17(24(3)20(28)25(4)19(15)27)22-16(23-18)13-8-7-9-14(21)12-13/h7-9,12H,5-6,10-11H2,1-4H3. The number of nitrogens with zero attached hydrogens (tertiary/aromatic N) is 5. The van der Waals surface area contributed by atoms with E-state index in [2.05, 4.69) is 28.7 Å². The Morgan fingerprint density at radius 2 is 1.83 bits per heavy atom. The molecule has 0 atom stereocenters. The number of benzene rings is 1. The Bertz CT molecular complexity index is 1150. The zero-order valence-electron chi connectivity index (χ0n) is 17.0. The minimum absolute atomic E-state index is 0.248. The molecule has 0 aliphatic heterocycles. The topological polar surface area (TPSA) is 73.0 Å². The predicted molar refractivity (Wildman–Crippen MR) is 114 cm³/mol. The lowest BCUT2D eigenvalue weighted by molar-refractivity contribution is 0.324. The lowest BCUT2D eigenvalue weighted by Crippen LogP contribution is -2.37. The fourth-order valence-electron chi connectivity index (χ4n) is 3.10. The van der Waals surface area contributed by atoms with E-state index in [1.54, 1.807) is 19.2 Å². The third kappa shape index (κ3) is 4.25. The van der Waals surface area contributed by atoms with E-state index in [0.29, 0.717) is 16.0 Å². The van der Waals surface area contributed by atoms with Gasteiger partial charge in [-0.05, 0) is 25.2 Å². The van der Waals surface area contributed by atoms with Gasteiger partial charge in [0.15, 0.2) is 11.5 Å². The average Bonchev–Trinajstić information content (AvgIpc) is 2.73. The monoisotopic (exact) mass is 417 g/mol. The third-order valence-corrected chi connectivity index (χ3v) is 5.85. The van der Waals surface area contributed by atoms with Gasteiger partial charge in [-0.2, -0.15) is 0 Å². The first-order valence-electron chi connectivity index (χ1n) is 9.46. The second-order valence-corrected chi connectivity index (χ2v) is 7.73. The van der Waals surface area contributed by atoms with Crippen molar-refractivity contribution >= 4 is 22.8 Å². The third-order valence-electron chi connectivity index (χ3n) is 4.89. The molecule has 154 valence electrons. The number of thioether (sulfide) groups is 1. The summed E-state index contributed by atoms with van der Waals surface area (Å²) in [5.74, 6) is 0.605. The normalized spacial score (nSPS) is 11.5. The number of halogens is 1. The van der Waals surface area contributed by atoms with Crippen LogP contribution in [0, 0.1) is 5.82 Å². The number of fused-ring (bicyclic) bond motifs is 1. The van der Waals surface area contributed by atoms with Gasteiger partial charge in [0.2, 0.25) is 0 Å². The van der Waals surface area contributed by atoms with Crippen LogP contribution in [0.1, 0.15) is 13.8 Å². The van der Waals surface area contributed by atoms with Crippen LogP contribution < -0.4 is 11.2 Å². The number of rotatable bonds is 7. The van der Waals surface area contributed by atoms with E-state index in [0.717, 1.165) is 30.0 Å². The van der Waals surface area contributed by atoms with Crippen molar-refractivity contribution in [2.24, 2.45) is 14.1 Å². The van der Waals surface area contributed by atoms with Crippen LogP contribution >= 0.6 is 11.8 Å². The molecule has 1 aromatic carbocycles. The maximum Gasteiger partial charge on any atom is 0.332 e. The molecule has 0 saturated carbocycles. The molecule has 0 aliphatic rings. The predicted octanol–water partition coefficient (Wildman–Crippen LogP) is 2.27. The molecule has 0 spiro atoms. The highest BCUT2D eigenvalue weighted by Gasteiger charge is 2.18. The van der Waals surface area contributed by atoms with Crippen LogP contribution in [0.5, 0.6) is 0 Å². The molecule has 0 fully saturated rings. The quantitative estimate of drug-likeness (QED) is 0.434. The van der Waals surface area contributed by atoms with Gasteiger partial charge in [0.25, 0.3) is 5.56 Å². The highest BCUT2D eigenvalue weighted by atomic mass is 32.2. The molecule has 0 N–H and O–H groups in total. The Balaban J connectivity index is 2.18. The highest BCUT2D eigenvalue weighted by Crippen LogP contribution is 2.26. The average molecular weight is 418 g/mol. The minimum Gasteiger partial charge on any atom is -0.303 e. The van der Waals surface area contributed by atoms with Crippen LogP contribution in [0.15, 0.2) is 38.9 Å². The second kappa shape index (κ2) is 8.87. The van der Waals surface area contributed by atoms with E-state index in [1.807, 2.05) is 0 Å². The van der Waals surface area contributed by atoms with Gasteiger partial charge in [-0.1, -0.05) is 26.0 Å².